The first-order chi connectivity index (χ1) is 10.7. The fourth-order valence-electron chi connectivity index (χ4n) is 2.34. The van der Waals surface area contributed by atoms with Crippen molar-refractivity contribution in [1.29, 1.82) is 0 Å². The molecule has 1 aromatic carbocycles. The lowest BCUT2D eigenvalue weighted by Crippen LogP contribution is -2.50. The van der Waals surface area contributed by atoms with Crippen LogP contribution >= 0.6 is 11.8 Å². The summed E-state index contributed by atoms with van der Waals surface area (Å²) in [5, 5.41) is 29.4. The SMILES string of the molecule is O[C@@H]1[C@@H](O)[C@H](Oc2ccccc2-c2cccnc2)SC[C@H]1O. The summed E-state index contributed by atoms with van der Waals surface area (Å²) in [6, 6.07) is 11.2. The topological polar surface area (TPSA) is 82.8 Å². The van der Waals surface area contributed by atoms with E-state index in [2.05, 4.69) is 4.98 Å². The Morgan fingerprint density at radius 1 is 1.05 bits per heavy atom. The zero-order valence-corrected chi connectivity index (χ0v) is 12.6. The molecule has 5 nitrogen and oxygen atoms in total. The van der Waals surface area contributed by atoms with Crippen LogP contribution in [0.3, 0.4) is 0 Å². The van der Waals surface area contributed by atoms with Gasteiger partial charge in [0, 0.05) is 29.3 Å². The van der Waals surface area contributed by atoms with Crippen molar-refractivity contribution in [2.75, 3.05) is 5.75 Å². The molecule has 2 aromatic rings. The highest BCUT2D eigenvalue weighted by Crippen LogP contribution is 2.34. The van der Waals surface area contributed by atoms with Crippen LogP contribution in [0.25, 0.3) is 11.1 Å². The van der Waals surface area contributed by atoms with Gasteiger partial charge < -0.3 is 20.1 Å². The second-order valence-electron chi connectivity index (χ2n) is 5.11. The monoisotopic (exact) mass is 319 g/mol. The molecule has 0 spiro atoms. The number of hydrogen-bond donors (Lipinski definition) is 3. The highest BCUT2D eigenvalue weighted by atomic mass is 32.2. The maximum absolute atomic E-state index is 10.1. The number of benzene rings is 1. The Morgan fingerprint density at radius 2 is 1.86 bits per heavy atom. The van der Waals surface area contributed by atoms with Crippen LogP contribution in [0.2, 0.25) is 0 Å². The van der Waals surface area contributed by atoms with Gasteiger partial charge in [-0.3, -0.25) is 4.98 Å². The highest BCUT2D eigenvalue weighted by molar-refractivity contribution is 7.99. The predicted octanol–water partition coefficient (Wildman–Crippen LogP) is 1.28. The maximum Gasteiger partial charge on any atom is 0.173 e. The summed E-state index contributed by atoms with van der Waals surface area (Å²) < 4.78 is 5.89. The molecule has 0 saturated carbocycles. The van der Waals surface area contributed by atoms with Crippen molar-refractivity contribution >= 4 is 11.8 Å². The first kappa shape index (κ1) is 15.3. The van der Waals surface area contributed by atoms with Gasteiger partial charge in [-0.1, -0.05) is 24.3 Å². The molecule has 2 heterocycles. The van der Waals surface area contributed by atoms with E-state index in [9.17, 15) is 15.3 Å². The van der Waals surface area contributed by atoms with Gasteiger partial charge in [0.1, 0.15) is 18.0 Å². The van der Waals surface area contributed by atoms with Gasteiger partial charge in [-0.15, -0.1) is 11.8 Å². The molecule has 1 aliphatic rings. The molecule has 1 aliphatic heterocycles. The van der Waals surface area contributed by atoms with Crippen LogP contribution in [0.5, 0.6) is 5.75 Å². The van der Waals surface area contributed by atoms with Gasteiger partial charge in [-0.25, -0.2) is 0 Å². The van der Waals surface area contributed by atoms with E-state index in [-0.39, 0.29) is 0 Å². The average molecular weight is 319 g/mol. The lowest BCUT2D eigenvalue weighted by Gasteiger charge is -2.34. The minimum absolute atomic E-state index is 0.317. The molecule has 1 saturated heterocycles. The number of pyridine rings is 1. The Hall–Kier alpha value is -1.60. The summed E-state index contributed by atoms with van der Waals surface area (Å²) in [7, 11) is 0. The Bertz CT molecular complexity index is 625. The summed E-state index contributed by atoms with van der Waals surface area (Å²) >= 11 is 1.28. The number of aromatic nitrogens is 1. The zero-order chi connectivity index (χ0) is 15.5. The van der Waals surface area contributed by atoms with Crippen molar-refractivity contribution < 1.29 is 20.1 Å². The minimum Gasteiger partial charge on any atom is -0.476 e. The highest BCUT2D eigenvalue weighted by Gasteiger charge is 2.38. The Kier molecular flexibility index (Phi) is 4.63. The van der Waals surface area contributed by atoms with Crippen LogP contribution in [0.15, 0.2) is 48.8 Å². The van der Waals surface area contributed by atoms with Gasteiger partial charge in [-0.2, -0.15) is 0 Å². The molecule has 0 unspecified atom stereocenters. The molecular weight excluding hydrogens is 302 g/mol. The van der Waals surface area contributed by atoms with Crippen LogP contribution in [-0.2, 0) is 0 Å². The van der Waals surface area contributed by atoms with Gasteiger partial charge in [0.2, 0.25) is 0 Å². The molecule has 0 radical (unpaired) electrons. The van der Waals surface area contributed by atoms with E-state index in [1.54, 1.807) is 12.4 Å². The summed E-state index contributed by atoms with van der Waals surface area (Å²) in [5.41, 5.74) is 1.15. The fourth-order valence-corrected chi connectivity index (χ4v) is 3.45. The summed E-state index contributed by atoms with van der Waals surface area (Å²) in [6.07, 6.45) is 0.164. The van der Waals surface area contributed by atoms with Crippen molar-refractivity contribution in [3.8, 4) is 16.9 Å². The van der Waals surface area contributed by atoms with Crippen molar-refractivity contribution in [3.05, 3.63) is 48.8 Å². The zero-order valence-electron chi connectivity index (χ0n) is 11.7. The number of rotatable bonds is 3. The Morgan fingerprint density at radius 3 is 2.64 bits per heavy atom. The maximum atomic E-state index is 10.1. The minimum atomic E-state index is -1.20. The van der Waals surface area contributed by atoms with Gasteiger partial charge in [-0.05, 0) is 12.1 Å². The van der Waals surface area contributed by atoms with Crippen LogP contribution < -0.4 is 4.74 Å². The molecule has 3 N–H and O–H groups in total. The van der Waals surface area contributed by atoms with E-state index in [1.165, 1.54) is 11.8 Å². The molecule has 22 heavy (non-hydrogen) atoms. The largest absolute Gasteiger partial charge is 0.476 e. The second-order valence-corrected chi connectivity index (χ2v) is 6.24. The number of nitrogens with zero attached hydrogens (tertiary/aromatic N) is 1. The second kappa shape index (κ2) is 6.66. The summed E-state index contributed by atoms with van der Waals surface area (Å²) in [4.78, 5) is 4.10. The normalized spacial score (nSPS) is 28.3. The number of thioether (sulfide) groups is 1. The predicted molar refractivity (Wildman–Crippen MR) is 84.6 cm³/mol. The van der Waals surface area contributed by atoms with E-state index in [1.807, 2.05) is 36.4 Å². The quantitative estimate of drug-likeness (QED) is 0.791. The van der Waals surface area contributed by atoms with Crippen molar-refractivity contribution in [3.63, 3.8) is 0 Å². The first-order valence-corrected chi connectivity index (χ1v) is 8.03. The van der Waals surface area contributed by atoms with Crippen molar-refractivity contribution in [1.82, 2.24) is 4.98 Å². The molecule has 0 aliphatic carbocycles. The van der Waals surface area contributed by atoms with E-state index >= 15 is 0 Å². The number of para-hydroxylation sites is 1. The lowest BCUT2D eigenvalue weighted by atomic mass is 10.1. The smallest absolute Gasteiger partial charge is 0.173 e. The molecule has 1 fully saturated rings. The van der Waals surface area contributed by atoms with Gasteiger partial charge >= 0.3 is 0 Å². The Labute approximate surface area is 132 Å². The van der Waals surface area contributed by atoms with Crippen molar-refractivity contribution in [2.45, 2.75) is 23.7 Å². The van der Waals surface area contributed by atoms with Gasteiger partial charge in [0.25, 0.3) is 0 Å². The van der Waals surface area contributed by atoms with E-state index in [0.717, 1.165) is 11.1 Å². The molecule has 0 amide bonds. The lowest BCUT2D eigenvalue weighted by molar-refractivity contribution is -0.0785. The number of ether oxygens (including phenoxy) is 1. The van der Waals surface area contributed by atoms with Crippen LogP contribution in [0.4, 0.5) is 0 Å². The molecule has 116 valence electrons. The number of aliphatic hydroxyl groups excluding tert-OH is 3. The fraction of sp³-hybridized carbons (Fsp3) is 0.312. The van der Waals surface area contributed by atoms with E-state index in [4.69, 9.17) is 4.74 Å². The summed E-state index contributed by atoms with van der Waals surface area (Å²) in [6.45, 7) is 0. The third kappa shape index (κ3) is 3.10. The molecule has 4 atom stereocenters. The Balaban J connectivity index is 1.84. The van der Waals surface area contributed by atoms with Crippen molar-refractivity contribution in [2.24, 2.45) is 0 Å². The molecule has 3 rings (SSSR count). The van der Waals surface area contributed by atoms with Gasteiger partial charge in [0.15, 0.2) is 5.44 Å². The number of hydrogen-bond acceptors (Lipinski definition) is 6. The third-order valence-electron chi connectivity index (χ3n) is 3.56. The summed E-state index contributed by atoms with van der Waals surface area (Å²) in [5.74, 6) is 0.924. The molecule has 0 bridgehead atoms. The van der Waals surface area contributed by atoms with E-state index < -0.39 is 23.7 Å². The van der Waals surface area contributed by atoms with Crippen LogP contribution in [0, 0.1) is 0 Å². The molecule has 6 heteroatoms. The third-order valence-corrected chi connectivity index (χ3v) is 4.79. The van der Waals surface area contributed by atoms with Crippen LogP contribution in [-0.4, -0.2) is 49.8 Å². The van der Waals surface area contributed by atoms with Crippen LogP contribution in [0.1, 0.15) is 0 Å². The van der Waals surface area contributed by atoms with E-state index in [0.29, 0.717) is 11.5 Å². The average Bonchev–Trinajstić information content (AvgIpc) is 2.57. The molecular formula is C16H17NO4S. The first-order valence-electron chi connectivity index (χ1n) is 6.98. The molecule has 1 aromatic heterocycles. The van der Waals surface area contributed by atoms with Gasteiger partial charge in [0.05, 0.1) is 6.10 Å². The standard InChI is InChI=1S/C16H17NO4S/c18-12-9-22-16(15(20)14(12)19)21-13-6-2-1-5-11(13)10-4-3-7-17-8-10/h1-8,12,14-16,18-20H,9H2/t12-,14+,15-,16-/m1/s1. The number of aliphatic hydroxyl groups is 3.